The lowest BCUT2D eigenvalue weighted by Crippen LogP contribution is -1.86. The number of thiol groups is 1. The highest BCUT2D eigenvalue weighted by molar-refractivity contribution is 7.80. The van der Waals surface area contributed by atoms with Crippen LogP contribution in [-0.2, 0) is 0 Å². The first-order valence-electron chi connectivity index (χ1n) is 3.81. The molecule has 14 heavy (non-hydrogen) atoms. The van der Waals surface area contributed by atoms with Crippen LogP contribution in [0.1, 0.15) is 12.0 Å². The van der Waals surface area contributed by atoms with Gasteiger partial charge in [-0.2, -0.15) is 0 Å². The number of halogens is 2. The van der Waals surface area contributed by atoms with Gasteiger partial charge in [-0.1, -0.05) is 0 Å². The van der Waals surface area contributed by atoms with Gasteiger partial charge in [0.15, 0.2) is 0 Å². The summed E-state index contributed by atoms with van der Waals surface area (Å²) in [5.41, 5.74) is -0.225. The van der Waals surface area contributed by atoms with Crippen molar-refractivity contribution in [1.82, 2.24) is 0 Å². The Kier molecular flexibility index (Phi) is 2.36. The Morgan fingerprint density at radius 3 is 2.79 bits per heavy atom. The lowest BCUT2D eigenvalue weighted by atomic mass is 10.1. The predicted molar refractivity (Wildman–Crippen MR) is 55.7 cm³/mol. The van der Waals surface area contributed by atoms with Crippen molar-refractivity contribution in [2.45, 2.75) is 11.3 Å². The van der Waals surface area contributed by atoms with Gasteiger partial charge in [-0.05, 0) is 17.5 Å². The molecule has 0 aliphatic carbocycles. The average molecular weight is 232 g/mol. The first kappa shape index (κ1) is 9.73. The zero-order valence-corrected chi connectivity index (χ0v) is 8.58. The maximum absolute atomic E-state index is 12.5. The second-order valence-electron chi connectivity index (χ2n) is 2.80. The van der Waals surface area contributed by atoms with Crippen LogP contribution < -0.4 is 0 Å². The van der Waals surface area contributed by atoms with Crippen molar-refractivity contribution in [1.29, 1.82) is 0 Å². The van der Waals surface area contributed by atoms with Crippen molar-refractivity contribution >= 4 is 34.1 Å². The van der Waals surface area contributed by atoms with E-state index in [1.165, 1.54) is 11.3 Å². The van der Waals surface area contributed by atoms with Crippen LogP contribution in [0.3, 0.4) is 0 Å². The van der Waals surface area contributed by atoms with Crippen LogP contribution in [0.4, 0.5) is 8.78 Å². The van der Waals surface area contributed by atoms with Gasteiger partial charge >= 0.3 is 0 Å². The van der Waals surface area contributed by atoms with E-state index in [1.807, 2.05) is 0 Å². The minimum atomic E-state index is -2.61. The Balaban J connectivity index is 2.82. The number of thiophene rings is 1. The Morgan fingerprint density at radius 1 is 1.43 bits per heavy atom. The lowest BCUT2D eigenvalue weighted by Gasteiger charge is -2.06. The fraction of sp³-hybridized carbons (Fsp3) is 0.111. The standard InChI is InChI=1S/C9H6F2OS2/c10-9(11)5-3-6(12)8-4(7(5)13)1-2-14-8/h1-3,9,12-13H. The van der Waals surface area contributed by atoms with Gasteiger partial charge in [0.25, 0.3) is 6.43 Å². The monoisotopic (exact) mass is 232 g/mol. The van der Waals surface area contributed by atoms with Crippen LogP contribution in [0, 0.1) is 0 Å². The Hall–Kier alpha value is -0.810. The summed E-state index contributed by atoms with van der Waals surface area (Å²) in [6.45, 7) is 0. The van der Waals surface area contributed by atoms with Crippen LogP contribution in [0.2, 0.25) is 0 Å². The number of phenols is 1. The maximum Gasteiger partial charge on any atom is 0.265 e. The molecule has 0 spiro atoms. The van der Waals surface area contributed by atoms with Gasteiger partial charge in [0.2, 0.25) is 0 Å². The van der Waals surface area contributed by atoms with Gasteiger partial charge in [-0.15, -0.1) is 24.0 Å². The molecule has 0 radical (unpaired) electrons. The highest BCUT2D eigenvalue weighted by atomic mass is 32.1. The van der Waals surface area contributed by atoms with E-state index in [0.29, 0.717) is 10.1 Å². The molecule has 0 saturated carbocycles. The molecule has 1 nitrogen and oxygen atoms in total. The SMILES string of the molecule is Oc1cc(C(F)F)c(S)c2ccsc12. The molecule has 0 aliphatic heterocycles. The minimum absolute atomic E-state index is 0.108. The second-order valence-corrected chi connectivity index (χ2v) is 4.16. The van der Waals surface area contributed by atoms with E-state index in [1.54, 1.807) is 11.4 Å². The number of hydrogen-bond acceptors (Lipinski definition) is 3. The van der Waals surface area contributed by atoms with Crippen LogP contribution >= 0.6 is 24.0 Å². The summed E-state index contributed by atoms with van der Waals surface area (Å²) in [5, 5.41) is 11.8. The molecule has 0 unspecified atom stereocenters. The fourth-order valence-electron chi connectivity index (χ4n) is 1.30. The Morgan fingerprint density at radius 2 is 2.14 bits per heavy atom. The summed E-state index contributed by atoms with van der Waals surface area (Å²) in [4.78, 5) is 0.244. The summed E-state index contributed by atoms with van der Waals surface area (Å²) in [6, 6.07) is 2.75. The van der Waals surface area contributed by atoms with E-state index >= 15 is 0 Å². The number of hydrogen-bond donors (Lipinski definition) is 2. The molecule has 1 heterocycles. The molecule has 0 fully saturated rings. The Labute approximate surface area is 88.4 Å². The molecule has 0 bridgehead atoms. The third-order valence-corrected chi connectivity index (χ3v) is 3.39. The summed E-state index contributed by atoms with van der Waals surface area (Å²) in [5.74, 6) is -0.108. The maximum atomic E-state index is 12.5. The molecule has 0 aliphatic rings. The molecule has 2 aromatic rings. The summed E-state index contributed by atoms with van der Waals surface area (Å²) >= 11 is 5.34. The number of benzene rings is 1. The molecular formula is C9H6F2OS2. The molecule has 0 amide bonds. The van der Waals surface area contributed by atoms with Gasteiger partial charge in [0.05, 0.1) is 4.70 Å². The zero-order valence-electron chi connectivity index (χ0n) is 6.87. The molecule has 74 valence electrons. The first-order chi connectivity index (χ1) is 6.61. The lowest BCUT2D eigenvalue weighted by molar-refractivity contribution is 0.148. The molecule has 1 N–H and O–H groups in total. The third-order valence-electron chi connectivity index (χ3n) is 1.95. The largest absolute Gasteiger partial charge is 0.506 e. The normalized spacial score (nSPS) is 11.4. The van der Waals surface area contributed by atoms with E-state index in [2.05, 4.69) is 12.6 Å². The van der Waals surface area contributed by atoms with Crippen molar-refractivity contribution in [2.24, 2.45) is 0 Å². The number of phenolic OH excluding ortho intramolecular Hbond substituents is 1. The van der Waals surface area contributed by atoms with Crippen molar-refractivity contribution in [3.8, 4) is 5.75 Å². The van der Waals surface area contributed by atoms with E-state index in [0.717, 1.165) is 6.07 Å². The first-order valence-corrected chi connectivity index (χ1v) is 5.14. The number of fused-ring (bicyclic) bond motifs is 1. The molecule has 1 aromatic heterocycles. The summed E-state index contributed by atoms with van der Waals surface area (Å²) in [7, 11) is 0. The van der Waals surface area contributed by atoms with Crippen molar-refractivity contribution in [3.05, 3.63) is 23.1 Å². The van der Waals surface area contributed by atoms with Crippen molar-refractivity contribution < 1.29 is 13.9 Å². The quantitative estimate of drug-likeness (QED) is 0.716. The summed E-state index contributed by atoms with van der Waals surface area (Å²) in [6.07, 6.45) is -2.61. The molecule has 0 saturated heterocycles. The van der Waals surface area contributed by atoms with Gasteiger partial charge < -0.3 is 5.11 Å². The number of alkyl halides is 2. The van der Waals surface area contributed by atoms with Gasteiger partial charge in [0.1, 0.15) is 5.75 Å². The number of aromatic hydroxyl groups is 1. The molecule has 0 atom stereocenters. The molecule has 5 heteroatoms. The zero-order chi connectivity index (χ0) is 10.3. The highest BCUT2D eigenvalue weighted by Gasteiger charge is 2.16. The van der Waals surface area contributed by atoms with E-state index in [4.69, 9.17) is 0 Å². The van der Waals surface area contributed by atoms with Gasteiger partial charge in [0, 0.05) is 15.8 Å². The van der Waals surface area contributed by atoms with E-state index < -0.39 is 6.43 Å². The topological polar surface area (TPSA) is 20.2 Å². The Bertz CT molecular complexity index is 479. The van der Waals surface area contributed by atoms with E-state index in [-0.39, 0.29) is 16.2 Å². The fourth-order valence-corrected chi connectivity index (χ4v) is 2.54. The average Bonchev–Trinajstić information content (AvgIpc) is 2.59. The van der Waals surface area contributed by atoms with Crippen LogP contribution in [0.15, 0.2) is 22.4 Å². The minimum Gasteiger partial charge on any atom is -0.506 e. The van der Waals surface area contributed by atoms with Crippen molar-refractivity contribution in [3.63, 3.8) is 0 Å². The predicted octanol–water partition coefficient (Wildman–Crippen LogP) is 3.83. The third kappa shape index (κ3) is 1.36. The second kappa shape index (κ2) is 3.40. The summed E-state index contributed by atoms with van der Waals surface area (Å²) < 4.78 is 25.6. The molecule has 1 aromatic carbocycles. The van der Waals surface area contributed by atoms with Crippen LogP contribution in [-0.4, -0.2) is 5.11 Å². The number of rotatable bonds is 1. The molecular weight excluding hydrogens is 226 g/mol. The smallest absolute Gasteiger partial charge is 0.265 e. The van der Waals surface area contributed by atoms with Gasteiger partial charge in [-0.3, -0.25) is 0 Å². The van der Waals surface area contributed by atoms with Gasteiger partial charge in [-0.25, -0.2) is 8.78 Å². The molecule has 2 rings (SSSR count). The van der Waals surface area contributed by atoms with Crippen molar-refractivity contribution in [2.75, 3.05) is 0 Å². The highest BCUT2D eigenvalue weighted by Crippen LogP contribution is 2.39. The van der Waals surface area contributed by atoms with E-state index in [9.17, 15) is 13.9 Å². The van der Waals surface area contributed by atoms with Crippen LogP contribution in [0.25, 0.3) is 10.1 Å². The van der Waals surface area contributed by atoms with Crippen LogP contribution in [0.5, 0.6) is 5.75 Å².